The fourth-order valence-electron chi connectivity index (χ4n) is 1.84. The summed E-state index contributed by atoms with van der Waals surface area (Å²) in [4.78, 5) is 24.1. The minimum Gasteiger partial charge on any atom is -0.480 e. The lowest BCUT2D eigenvalue weighted by Crippen LogP contribution is -2.44. The van der Waals surface area contributed by atoms with E-state index in [1.54, 1.807) is 4.90 Å². The van der Waals surface area contributed by atoms with E-state index in [-0.39, 0.29) is 32.3 Å². The Labute approximate surface area is 132 Å². The maximum atomic E-state index is 11.8. The molecule has 7 nitrogen and oxygen atoms in total. The first-order chi connectivity index (χ1) is 9.19. The maximum absolute atomic E-state index is 11.8. The van der Waals surface area contributed by atoms with Crippen molar-refractivity contribution in [2.75, 3.05) is 19.7 Å². The smallest absolute Gasteiger partial charge is 0.410 e. The van der Waals surface area contributed by atoms with E-state index in [9.17, 15) is 9.59 Å². The summed E-state index contributed by atoms with van der Waals surface area (Å²) >= 11 is 0. The number of carbonyl (C=O) groups is 2. The molecule has 1 aliphatic rings. The van der Waals surface area contributed by atoms with Gasteiger partial charge in [0.05, 0.1) is 12.7 Å². The van der Waals surface area contributed by atoms with Gasteiger partial charge in [-0.25, -0.2) is 4.79 Å². The highest BCUT2D eigenvalue weighted by Crippen LogP contribution is 2.17. The van der Waals surface area contributed by atoms with Gasteiger partial charge >= 0.3 is 12.1 Å². The zero-order chi connectivity index (χ0) is 15.3. The average molecular weight is 322 g/mol. The molecule has 1 rings (SSSR count). The zero-order valence-corrected chi connectivity index (χ0v) is 13.8. The molecule has 0 aromatic heterocycles. The van der Waals surface area contributed by atoms with Crippen LogP contribution in [0.1, 0.15) is 33.6 Å². The van der Waals surface area contributed by atoms with Crippen LogP contribution in [0.2, 0.25) is 0 Å². The number of ether oxygens (including phenoxy) is 2. The number of hydrogen-bond acceptors (Lipinski definition) is 5. The molecule has 1 saturated heterocycles. The lowest BCUT2D eigenvalue weighted by atomic mass is 10.1. The molecule has 0 aromatic carbocycles. The molecule has 0 radical (unpaired) electrons. The number of rotatable bonds is 4. The number of carboxylic acid groups (broad SMARTS) is 1. The van der Waals surface area contributed by atoms with Gasteiger partial charge in [-0.2, -0.15) is 13.5 Å². The highest BCUT2D eigenvalue weighted by Gasteiger charge is 2.27. The number of nitrogens with zero attached hydrogens (tertiary/aromatic N) is 1. The van der Waals surface area contributed by atoms with Crippen LogP contribution in [0.5, 0.6) is 0 Å². The molecule has 0 unspecified atom stereocenters. The molecule has 3 N–H and O–H groups in total. The van der Waals surface area contributed by atoms with Gasteiger partial charge in [0, 0.05) is 13.1 Å². The molecular formula is C13H26N2O5S. The Morgan fingerprint density at radius 1 is 1.33 bits per heavy atom. The van der Waals surface area contributed by atoms with Crippen LogP contribution in [0.4, 0.5) is 4.79 Å². The van der Waals surface area contributed by atoms with Crippen LogP contribution in [0, 0.1) is 0 Å². The van der Waals surface area contributed by atoms with Crippen molar-refractivity contribution in [3.8, 4) is 0 Å². The van der Waals surface area contributed by atoms with Gasteiger partial charge in [0.25, 0.3) is 0 Å². The van der Waals surface area contributed by atoms with E-state index in [1.165, 1.54) is 0 Å². The van der Waals surface area contributed by atoms with Gasteiger partial charge in [0.15, 0.2) is 0 Å². The predicted molar refractivity (Wildman–Crippen MR) is 82.8 cm³/mol. The van der Waals surface area contributed by atoms with Crippen LogP contribution in [0.15, 0.2) is 0 Å². The van der Waals surface area contributed by atoms with Crippen LogP contribution >= 0.6 is 13.5 Å². The number of aliphatic carboxylic acids is 1. The number of nitrogens with two attached hydrogens (primary N) is 1. The van der Waals surface area contributed by atoms with Crippen molar-refractivity contribution in [1.82, 2.24) is 4.90 Å². The predicted octanol–water partition coefficient (Wildman–Crippen LogP) is 0.927. The number of carboxylic acids is 1. The van der Waals surface area contributed by atoms with Gasteiger partial charge < -0.3 is 25.2 Å². The van der Waals surface area contributed by atoms with Crippen molar-refractivity contribution < 1.29 is 24.2 Å². The second-order valence-corrected chi connectivity index (χ2v) is 5.94. The summed E-state index contributed by atoms with van der Waals surface area (Å²) in [6.07, 6.45) is 0.939. The van der Waals surface area contributed by atoms with Gasteiger partial charge in [-0.05, 0) is 33.6 Å². The Bertz CT molecular complexity index is 351. The molecule has 0 aliphatic carbocycles. The quantitative estimate of drug-likeness (QED) is 0.798. The normalized spacial score (nSPS) is 17.8. The number of amides is 1. The third-order valence-corrected chi connectivity index (χ3v) is 2.92. The fourth-order valence-corrected chi connectivity index (χ4v) is 1.84. The van der Waals surface area contributed by atoms with Gasteiger partial charge in [0.1, 0.15) is 11.6 Å². The first-order valence-electron chi connectivity index (χ1n) is 6.77. The summed E-state index contributed by atoms with van der Waals surface area (Å²) in [6.45, 7) is 6.56. The van der Waals surface area contributed by atoms with Crippen molar-refractivity contribution in [2.45, 2.75) is 51.4 Å². The monoisotopic (exact) mass is 322 g/mol. The number of hydrogen-bond donors (Lipinski definition) is 2. The number of piperidine rings is 1. The summed E-state index contributed by atoms with van der Waals surface area (Å²) < 4.78 is 10.7. The Morgan fingerprint density at radius 2 is 1.86 bits per heavy atom. The molecule has 1 heterocycles. The van der Waals surface area contributed by atoms with Gasteiger partial charge in [0.2, 0.25) is 0 Å². The second kappa shape index (κ2) is 8.45. The highest BCUT2D eigenvalue weighted by molar-refractivity contribution is 7.59. The van der Waals surface area contributed by atoms with E-state index >= 15 is 0 Å². The first-order valence-corrected chi connectivity index (χ1v) is 6.77. The second-order valence-electron chi connectivity index (χ2n) is 5.94. The minimum absolute atomic E-state index is 0. The summed E-state index contributed by atoms with van der Waals surface area (Å²) in [5.41, 5.74) is 4.87. The molecular weight excluding hydrogens is 296 g/mol. The van der Waals surface area contributed by atoms with E-state index in [0.717, 1.165) is 0 Å². The van der Waals surface area contributed by atoms with Crippen LogP contribution in [0.25, 0.3) is 0 Å². The van der Waals surface area contributed by atoms with Gasteiger partial charge in [-0.15, -0.1) is 0 Å². The first kappa shape index (κ1) is 20.0. The molecule has 1 amide bonds. The van der Waals surface area contributed by atoms with Gasteiger partial charge in [-0.3, -0.25) is 4.79 Å². The average Bonchev–Trinajstić information content (AvgIpc) is 2.34. The topological polar surface area (TPSA) is 102 Å². The summed E-state index contributed by atoms with van der Waals surface area (Å²) in [7, 11) is 0. The van der Waals surface area contributed by atoms with Gasteiger partial charge in [-0.1, -0.05) is 0 Å². The van der Waals surface area contributed by atoms with Crippen molar-refractivity contribution >= 4 is 25.6 Å². The molecule has 124 valence electrons. The van der Waals surface area contributed by atoms with E-state index in [2.05, 4.69) is 0 Å². The van der Waals surface area contributed by atoms with E-state index in [1.807, 2.05) is 20.8 Å². The molecule has 1 aliphatic heterocycles. The van der Waals surface area contributed by atoms with E-state index in [0.29, 0.717) is 25.9 Å². The Balaban J connectivity index is 0.00000400. The third kappa shape index (κ3) is 7.54. The molecule has 0 saturated carbocycles. The van der Waals surface area contributed by atoms with E-state index in [4.69, 9.17) is 20.3 Å². The Morgan fingerprint density at radius 3 is 2.29 bits per heavy atom. The molecule has 1 fully saturated rings. The maximum Gasteiger partial charge on any atom is 0.410 e. The van der Waals surface area contributed by atoms with Crippen LogP contribution in [-0.4, -0.2) is 59.5 Å². The molecule has 8 heteroatoms. The number of likely N-dealkylation sites (tertiary alicyclic amines) is 1. The highest BCUT2D eigenvalue weighted by atomic mass is 32.1. The summed E-state index contributed by atoms with van der Waals surface area (Å²) in [6, 6.07) is -1.00. The number of carbonyl (C=O) groups excluding carboxylic acids is 1. The fraction of sp³-hybridized carbons (Fsp3) is 0.846. The summed E-state index contributed by atoms with van der Waals surface area (Å²) in [5.74, 6) is -1.07. The standard InChI is InChI=1S/C13H24N2O5.H2S/c1-13(2,3)20-12(18)15-6-4-9(5-7-15)19-8-10(14)11(16)17;/h9-10H,4-8,14H2,1-3H3,(H,16,17);1H2/t10-;/m0./s1. The third-order valence-electron chi connectivity index (χ3n) is 2.92. The van der Waals surface area contributed by atoms with E-state index < -0.39 is 17.6 Å². The lowest BCUT2D eigenvalue weighted by molar-refractivity contribution is -0.140. The van der Waals surface area contributed by atoms with Crippen molar-refractivity contribution in [1.29, 1.82) is 0 Å². The Hall–Kier alpha value is -0.990. The molecule has 0 spiro atoms. The Kier molecular flexibility index (Phi) is 8.05. The summed E-state index contributed by atoms with van der Waals surface area (Å²) in [5, 5.41) is 8.66. The largest absolute Gasteiger partial charge is 0.480 e. The van der Waals surface area contributed by atoms with Crippen LogP contribution in [0.3, 0.4) is 0 Å². The van der Waals surface area contributed by atoms with Crippen molar-refractivity contribution in [2.24, 2.45) is 5.73 Å². The van der Waals surface area contributed by atoms with Crippen LogP contribution in [-0.2, 0) is 14.3 Å². The zero-order valence-electron chi connectivity index (χ0n) is 12.8. The molecule has 0 aromatic rings. The lowest BCUT2D eigenvalue weighted by Gasteiger charge is -2.33. The molecule has 0 bridgehead atoms. The minimum atomic E-state index is -1.07. The van der Waals surface area contributed by atoms with Crippen molar-refractivity contribution in [3.05, 3.63) is 0 Å². The van der Waals surface area contributed by atoms with Crippen molar-refractivity contribution in [3.63, 3.8) is 0 Å². The SMILES string of the molecule is CC(C)(C)OC(=O)N1CCC(OC[C@H](N)C(=O)O)CC1.S. The molecule has 1 atom stereocenters. The van der Waals surface area contributed by atoms with Crippen LogP contribution < -0.4 is 5.73 Å². The molecule has 21 heavy (non-hydrogen) atoms.